The quantitative estimate of drug-likeness (QED) is 0.197. The van der Waals surface area contributed by atoms with Crippen LogP contribution in [0.3, 0.4) is 0 Å². The highest BCUT2D eigenvalue weighted by molar-refractivity contribution is 6.30. The van der Waals surface area contributed by atoms with Crippen LogP contribution in [0.1, 0.15) is 11.1 Å². The standard InChI is InChI=1S/C38H23N3/c1-2-11-25(12-3-1)40-32-16-8-6-14-27(32)37-34(40)19-18-28-36(37)30-22-29-24(20-23-10-4-5-13-26(23)29)21-35(30)41-33-17-9-7-15-31(33)39-38(28)41/h1-19,21-22H,20H2. The summed E-state index contributed by atoms with van der Waals surface area (Å²) in [5.41, 5.74) is 13.5. The molecule has 41 heavy (non-hydrogen) atoms. The molecule has 0 radical (unpaired) electrons. The summed E-state index contributed by atoms with van der Waals surface area (Å²) in [7, 11) is 0. The molecule has 0 unspecified atom stereocenters. The van der Waals surface area contributed by atoms with Crippen LogP contribution in [0.2, 0.25) is 0 Å². The molecule has 0 atom stereocenters. The fraction of sp³-hybridized carbons (Fsp3) is 0.0263. The summed E-state index contributed by atoms with van der Waals surface area (Å²) in [6.45, 7) is 0. The van der Waals surface area contributed by atoms with Gasteiger partial charge in [-0.15, -0.1) is 0 Å². The first kappa shape index (κ1) is 21.4. The van der Waals surface area contributed by atoms with Crippen LogP contribution < -0.4 is 0 Å². The van der Waals surface area contributed by atoms with Gasteiger partial charge in [0.15, 0.2) is 0 Å². The molecule has 9 aromatic rings. The highest BCUT2D eigenvalue weighted by Crippen LogP contribution is 2.45. The maximum Gasteiger partial charge on any atom is 0.146 e. The van der Waals surface area contributed by atoms with Crippen molar-refractivity contribution >= 4 is 60.2 Å². The Hall–Kier alpha value is -5.41. The van der Waals surface area contributed by atoms with Crippen molar-refractivity contribution in [1.82, 2.24) is 14.0 Å². The zero-order chi connectivity index (χ0) is 26.7. The normalized spacial score (nSPS) is 12.8. The van der Waals surface area contributed by atoms with Gasteiger partial charge in [-0.2, -0.15) is 0 Å². The molecule has 0 aliphatic heterocycles. The van der Waals surface area contributed by atoms with Crippen LogP contribution in [0.4, 0.5) is 0 Å². The minimum absolute atomic E-state index is 0.963. The van der Waals surface area contributed by atoms with Gasteiger partial charge in [0, 0.05) is 32.6 Å². The van der Waals surface area contributed by atoms with E-state index in [0.29, 0.717) is 0 Å². The van der Waals surface area contributed by atoms with Crippen molar-refractivity contribution in [1.29, 1.82) is 0 Å². The molecule has 1 aliphatic rings. The molecule has 0 saturated heterocycles. The van der Waals surface area contributed by atoms with Crippen LogP contribution in [-0.4, -0.2) is 14.0 Å². The van der Waals surface area contributed by atoms with E-state index in [4.69, 9.17) is 4.98 Å². The Kier molecular flexibility index (Phi) is 3.98. The summed E-state index contributed by atoms with van der Waals surface area (Å²) in [5, 5.41) is 6.28. The number of para-hydroxylation sites is 4. The minimum Gasteiger partial charge on any atom is -0.309 e. The third-order valence-electron chi connectivity index (χ3n) is 9.07. The van der Waals surface area contributed by atoms with Crippen molar-refractivity contribution in [3.05, 3.63) is 139 Å². The predicted molar refractivity (Wildman–Crippen MR) is 170 cm³/mol. The van der Waals surface area contributed by atoms with Gasteiger partial charge in [-0.3, -0.25) is 4.40 Å². The number of fused-ring (bicyclic) bond motifs is 15. The molecule has 190 valence electrons. The van der Waals surface area contributed by atoms with Crippen LogP contribution in [0, 0.1) is 0 Å². The third kappa shape index (κ3) is 2.70. The molecule has 10 rings (SSSR count). The summed E-state index contributed by atoms with van der Waals surface area (Å²) in [4.78, 5) is 5.23. The molecule has 0 saturated carbocycles. The number of benzene rings is 6. The monoisotopic (exact) mass is 521 g/mol. The van der Waals surface area contributed by atoms with Crippen molar-refractivity contribution < 1.29 is 0 Å². The Morgan fingerprint density at radius 3 is 2.20 bits per heavy atom. The summed E-state index contributed by atoms with van der Waals surface area (Å²) in [5.74, 6) is 0. The molecule has 0 N–H and O–H groups in total. The smallest absolute Gasteiger partial charge is 0.146 e. The second-order valence-corrected chi connectivity index (χ2v) is 11.2. The Balaban J connectivity index is 1.49. The molecule has 3 nitrogen and oxygen atoms in total. The maximum atomic E-state index is 5.23. The zero-order valence-electron chi connectivity index (χ0n) is 22.2. The zero-order valence-corrected chi connectivity index (χ0v) is 22.2. The lowest BCUT2D eigenvalue weighted by molar-refractivity contribution is 1.18. The summed E-state index contributed by atoms with van der Waals surface area (Å²) < 4.78 is 4.79. The van der Waals surface area contributed by atoms with Gasteiger partial charge in [0.2, 0.25) is 0 Å². The summed E-state index contributed by atoms with van der Waals surface area (Å²) in [6.07, 6.45) is 0.963. The Morgan fingerprint density at radius 1 is 0.488 bits per heavy atom. The van der Waals surface area contributed by atoms with Crippen LogP contribution in [-0.2, 0) is 6.42 Å². The van der Waals surface area contributed by atoms with Crippen LogP contribution in [0.25, 0.3) is 77.0 Å². The fourth-order valence-corrected chi connectivity index (χ4v) is 7.39. The molecule has 0 fully saturated rings. The van der Waals surface area contributed by atoms with Crippen molar-refractivity contribution in [3.63, 3.8) is 0 Å². The lowest BCUT2D eigenvalue weighted by Crippen LogP contribution is -1.95. The van der Waals surface area contributed by atoms with Crippen molar-refractivity contribution in [2.45, 2.75) is 6.42 Å². The van der Waals surface area contributed by atoms with Gasteiger partial charge in [-0.05, 0) is 83.3 Å². The van der Waals surface area contributed by atoms with E-state index in [1.807, 2.05) is 0 Å². The fourth-order valence-electron chi connectivity index (χ4n) is 7.39. The van der Waals surface area contributed by atoms with Crippen LogP contribution in [0.15, 0.2) is 127 Å². The lowest BCUT2D eigenvalue weighted by Gasteiger charge is -2.14. The van der Waals surface area contributed by atoms with E-state index in [1.165, 1.54) is 71.4 Å². The first-order valence-corrected chi connectivity index (χ1v) is 14.2. The Morgan fingerprint density at radius 2 is 1.27 bits per heavy atom. The molecule has 1 aliphatic carbocycles. The number of pyridine rings is 1. The van der Waals surface area contributed by atoms with E-state index in [9.17, 15) is 0 Å². The van der Waals surface area contributed by atoms with Gasteiger partial charge in [-0.1, -0.05) is 72.8 Å². The van der Waals surface area contributed by atoms with Gasteiger partial charge in [0.05, 0.1) is 27.6 Å². The number of nitrogens with zero attached hydrogens (tertiary/aromatic N) is 3. The van der Waals surface area contributed by atoms with Gasteiger partial charge < -0.3 is 4.57 Å². The van der Waals surface area contributed by atoms with Gasteiger partial charge in [0.25, 0.3) is 0 Å². The second-order valence-electron chi connectivity index (χ2n) is 11.2. The van der Waals surface area contributed by atoms with E-state index in [1.54, 1.807) is 0 Å². The largest absolute Gasteiger partial charge is 0.309 e. The molecule has 3 aromatic heterocycles. The van der Waals surface area contributed by atoms with E-state index in [-0.39, 0.29) is 0 Å². The summed E-state index contributed by atoms with van der Waals surface area (Å²) in [6, 6.07) is 46.4. The molecule has 3 heterocycles. The van der Waals surface area contributed by atoms with Crippen molar-refractivity contribution in [2.24, 2.45) is 0 Å². The van der Waals surface area contributed by atoms with Gasteiger partial charge in [0.1, 0.15) is 5.65 Å². The first-order valence-electron chi connectivity index (χ1n) is 14.2. The van der Waals surface area contributed by atoms with Crippen LogP contribution >= 0.6 is 0 Å². The van der Waals surface area contributed by atoms with Gasteiger partial charge >= 0.3 is 0 Å². The van der Waals surface area contributed by atoms with Gasteiger partial charge in [-0.25, -0.2) is 4.98 Å². The number of aromatic nitrogens is 3. The predicted octanol–water partition coefficient (Wildman–Crippen LogP) is 9.46. The average Bonchev–Trinajstić information content (AvgIpc) is 3.70. The number of rotatable bonds is 1. The van der Waals surface area contributed by atoms with E-state index >= 15 is 0 Å². The molecular weight excluding hydrogens is 498 g/mol. The highest BCUT2D eigenvalue weighted by atomic mass is 15.0. The highest BCUT2D eigenvalue weighted by Gasteiger charge is 2.24. The van der Waals surface area contributed by atoms with E-state index < -0.39 is 0 Å². The number of hydrogen-bond donors (Lipinski definition) is 0. The Bertz CT molecular complexity index is 2550. The third-order valence-corrected chi connectivity index (χ3v) is 9.07. The van der Waals surface area contributed by atoms with Crippen molar-refractivity contribution in [3.8, 4) is 16.8 Å². The van der Waals surface area contributed by atoms with E-state index in [0.717, 1.165) is 23.1 Å². The van der Waals surface area contributed by atoms with Crippen molar-refractivity contribution in [2.75, 3.05) is 0 Å². The topological polar surface area (TPSA) is 22.2 Å². The second kappa shape index (κ2) is 7.61. The first-order chi connectivity index (χ1) is 20.3. The van der Waals surface area contributed by atoms with Crippen LogP contribution in [0.5, 0.6) is 0 Å². The van der Waals surface area contributed by atoms with E-state index in [2.05, 4.69) is 136 Å². The number of imidazole rings is 1. The molecule has 0 bridgehead atoms. The maximum absolute atomic E-state index is 5.23. The molecular formula is C38H23N3. The molecule has 6 aromatic carbocycles. The molecule has 3 heteroatoms. The Labute approximate surface area is 235 Å². The molecule has 0 amide bonds. The lowest BCUT2D eigenvalue weighted by atomic mass is 9.96. The molecule has 0 spiro atoms. The average molecular weight is 522 g/mol. The minimum atomic E-state index is 0.963. The number of hydrogen-bond acceptors (Lipinski definition) is 1. The SMILES string of the molecule is c1ccc(-n2c3ccccc3c3c4c5cc6c(cc5n5c7ccccc7nc5c4ccc32)Cc2ccccc2-6)cc1. The summed E-state index contributed by atoms with van der Waals surface area (Å²) >= 11 is 0.